The summed E-state index contributed by atoms with van der Waals surface area (Å²) in [4.78, 5) is 23.2. The molecule has 0 saturated carbocycles. The van der Waals surface area contributed by atoms with E-state index in [0.717, 1.165) is 29.5 Å². The van der Waals surface area contributed by atoms with Gasteiger partial charge >= 0.3 is 0 Å². The number of hydrogen-bond acceptors (Lipinski definition) is 6. The van der Waals surface area contributed by atoms with Gasteiger partial charge < -0.3 is 16.0 Å². The number of rotatable bonds is 5. The van der Waals surface area contributed by atoms with Gasteiger partial charge in [-0.05, 0) is 24.5 Å². The van der Waals surface area contributed by atoms with E-state index in [1.54, 1.807) is 5.38 Å². The Bertz CT molecular complexity index is 662. The predicted octanol–water partition coefficient (Wildman–Crippen LogP) is 2.31. The molecule has 7 heteroatoms. The Morgan fingerprint density at radius 1 is 1.25 bits per heavy atom. The molecule has 0 bridgehead atoms. The average molecular weight is 345 g/mol. The summed E-state index contributed by atoms with van der Waals surface area (Å²) in [5.74, 6) is 0.849. The van der Waals surface area contributed by atoms with Gasteiger partial charge in [-0.2, -0.15) is 0 Å². The van der Waals surface area contributed by atoms with E-state index >= 15 is 0 Å². The second-order valence-corrected chi connectivity index (χ2v) is 6.88. The fourth-order valence-corrected chi connectivity index (χ4v) is 3.44. The number of amides is 1. The first-order valence-corrected chi connectivity index (χ1v) is 9.27. The van der Waals surface area contributed by atoms with Crippen LogP contribution in [0.3, 0.4) is 0 Å². The number of anilines is 1. The SMILES string of the molecule is NCc1nc(C(=O)NCc2ccc(N3CCCCCC3)nc2)cs1. The third kappa shape index (κ3) is 4.30. The highest BCUT2D eigenvalue weighted by Gasteiger charge is 2.12. The van der Waals surface area contributed by atoms with Crippen molar-refractivity contribution in [2.45, 2.75) is 38.8 Å². The van der Waals surface area contributed by atoms with Gasteiger partial charge in [-0.15, -0.1) is 11.3 Å². The van der Waals surface area contributed by atoms with Gasteiger partial charge in [0.2, 0.25) is 0 Å². The van der Waals surface area contributed by atoms with E-state index in [-0.39, 0.29) is 5.91 Å². The number of nitrogens with one attached hydrogen (secondary N) is 1. The van der Waals surface area contributed by atoms with Gasteiger partial charge in [0, 0.05) is 37.8 Å². The quantitative estimate of drug-likeness (QED) is 0.869. The summed E-state index contributed by atoms with van der Waals surface area (Å²) < 4.78 is 0. The van der Waals surface area contributed by atoms with Crippen LogP contribution in [0, 0.1) is 0 Å². The number of aromatic nitrogens is 2. The molecule has 1 aliphatic heterocycles. The highest BCUT2D eigenvalue weighted by molar-refractivity contribution is 7.09. The number of hydrogen-bond donors (Lipinski definition) is 2. The Morgan fingerprint density at radius 3 is 2.67 bits per heavy atom. The third-order valence-electron chi connectivity index (χ3n) is 4.15. The number of pyridine rings is 1. The van der Waals surface area contributed by atoms with Crippen molar-refractivity contribution in [3.05, 3.63) is 40.0 Å². The Morgan fingerprint density at radius 2 is 2.04 bits per heavy atom. The van der Waals surface area contributed by atoms with E-state index in [1.807, 2.05) is 18.3 Å². The maximum absolute atomic E-state index is 12.1. The smallest absolute Gasteiger partial charge is 0.271 e. The van der Waals surface area contributed by atoms with Gasteiger partial charge in [0.05, 0.1) is 0 Å². The molecular weight excluding hydrogens is 322 g/mol. The summed E-state index contributed by atoms with van der Waals surface area (Å²) in [5.41, 5.74) is 6.93. The first-order chi connectivity index (χ1) is 11.8. The zero-order valence-electron chi connectivity index (χ0n) is 13.7. The Labute approximate surface area is 146 Å². The number of carbonyl (C=O) groups is 1. The van der Waals surface area contributed by atoms with E-state index < -0.39 is 0 Å². The first kappa shape index (κ1) is 16.9. The molecule has 0 atom stereocenters. The molecule has 0 aromatic carbocycles. The first-order valence-electron chi connectivity index (χ1n) is 8.39. The molecule has 0 unspecified atom stereocenters. The van der Waals surface area contributed by atoms with Crippen molar-refractivity contribution in [3.63, 3.8) is 0 Å². The summed E-state index contributed by atoms with van der Waals surface area (Å²) in [6.07, 6.45) is 6.93. The standard InChI is InChI=1S/C17H23N5OS/c18-9-16-21-14(12-24-16)17(23)20-11-13-5-6-15(19-10-13)22-7-3-1-2-4-8-22/h5-6,10,12H,1-4,7-9,11,18H2,(H,20,23). The number of carbonyl (C=O) groups excluding carboxylic acids is 1. The van der Waals surface area contributed by atoms with E-state index in [2.05, 4.69) is 20.2 Å². The van der Waals surface area contributed by atoms with Crippen LogP contribution in [0.2, 0.25) is 0 Å². The van der Waals surface area contributed by atoms with Gasteiger partial charge in [-0.1, -0.05) is 18.9 Å². The minimum absolute atomic E-state index is 0.178. The summed E-state index contributed by atoms with van der Waals surface area (Å²) in [5, 5.41) is 5.37. The molecule has 1 fully saturated rings. The molecule has 1 aliphatic rings. The molecule has 1 saturated heterocycles. The summed E-state index contributed by atoms with van der Waals surface area (Å²) >= 11 is 1.40. The fourth-order valence-electron chi connectivity index (χ4n) is 2.79. The van der Waals surface area contributed by atoms with Crippen LogP contribution in [0.4, 0.5) is 5.82 Å². The van der Waals surface area contributed by atoms with Crippen LogP contribution in [0.5, 0.6) is 0 Å². The second-order valence-electron chi connectivity index (χ2n) is 5.94. The molecular formula is C17H23N5OS. The van der Waals surface area contributed by atoms with Crippen molar-refractivity contribution >= 4 is 23.1 Å². The summed E-state index contributed by atoms with van der Waals surface area (Å²) in [6.45, 7) is 2.97. The molecule has 128 valence electrons. The highest BCUT2D eigenvalue weighted by atomic mass is 32.1. The molecule has 6 nitrogen and oxygen atoms in total. The molecule has 24 heavy (non-hydrogen) atoms. The van der Waals surface area contributed by atoms with Crippen LogP contribution in [-0.4, -0.2) is 29.0 Å². The Kier molecular flexibility index (Phi) is 5.77. The van der Waals surface area contributed by atoms with Crippen LogP contribution in [0.15, 0.2) is 23.7 Å². The lowest BCUT2D eigenvalue weighted by Gasteiger charge is -2.21. The predicted molar refractivity (Wildman–Crippen MR) is 96.1 cm³/mol. The minimum atomic E-state index is -0.178. The lowest BCUT2D eigenvalue weighted by molar-refractivity contribution is 0.0946. The van der Waals surface area contributed by atoms with Gasteiger partial charge in [-0.25, -0.2) is 9.97 Å². The average Bonchev–Trinajstić information content (AvgIpc) is 2.95. The number of thiazole rings is 1. The molecule has 3 N–H and O–H groups in total. The Hall–Kier alpha value is -1.99. The number of nitrogens with two attached hydrogens (primary N) is 1. The van der Waals surface area contributed by atoms with Gasteiger partial charge in [0.15, 0.2) is 0 Å². The maximum Gasteiger partial charge on any atom is 0.271 e. The molecule has 0 aliphatic carbocycles. The second kappa shape index (κ2) is 8.21. The van der Waals surface area contributed by atoms with Crippen LogP contribution in [0.25, 0.3) is 0 Å². The van der Waals surface area contributed by atoms with Crippen LogP contribution >= 0.6 is 11.3 Å². The lowest BCUT2D eigenvalue weighted by Crippen LogP contribution is -2.25. The van der Waals surface area contributed by atoms with Crippen molar-refractivity contribution < 1.29 is 4.79 Å². The summed E-state index contributed by atoms with van der Waals surface area (Å²) in [6, 6.07) is 4.07. The molecule has 0 radical (unpaired) electrons. The van der Waals surface area contributed by atoms with Crippen molar-refractivity contribution in [1.82, 2.24) is 15.3 Å². The molecule has 3 heterocycles. The molecule has 2 aromatic rings. The zero-order valence-corrected chi connectivity index (χ0v) is 14.5. The fraction of sp³-hybridized carbons (Fsp3) is 0.471. The van der Waals surface area contributed by atoms with E-state index in [9.17, 15) is 4.79 Å². The molecule has 0 spiro atoms. The van der Waals surface area contributed by atoms with Crippen molar-refractivity contribution in [3.8, 4) is 0 Å². The van der Waals surface area contributed by atoms with Gasteiger partial charge in [-0.3, -0.25) is 4.79 Å². The van der Waals surface area contributed by atoms with Crippen LogP contribution < -0.4 is 16.0 Å². The molecule has 3 rings (SSSR count). The Balaban J connectivity index is 1.54. The number of nitrogens with zero attached hydrogens (tertiary/aromatic N) is 3. The third-order valence-corrected chi connectivity index (χ3v) is 5.02. The molecule has 2 aromatic heterocycles. The van der Waals surface area contributed by atoms with E-state index in [0.29, 0.717) is 18.8 Å². The largest absolute Gasteiger partial charge is 0.357 e. The zero-order chi connectivity index (χ0) is 16.8. The maximum atomic E-state index is 12.1. The monoisotopic (exact) mass is 345 g/mol. The normalized spacial score (nSPS) is 15.1. The molecule has 1 amide bonds. The summed E-state index contributed by atoms with van der Waals surface area (Å²) in [7, 11) is 0. The van der Waals surface area contributed by atoms with E-state index in [4.69, 9.17) is 5.73 Å². The van der Waals surface area contributed by atoms with Crippen molar-refractivity contribution in [2.75, 3.05) is 18.0 Å². The topological polar surface area (TPSA) is 84.1 Å². The van der Waals surface area contributed by atoms with Crippen LogP contribution in [-0.2, 0) is 13.1 Å². The van der Waals surface area contributed by atoms with Crippen molar-refractivity contribution in [1.29, 1.82) is 0 Å². The van der Waals surface area contributed by atoms with E-state index in [1.165, 1.54) is 37.0 Å². The minimum Gasteiger partial charge on any atom is -0.357 e. The van der Waals surface area contributed by atoms with Crippen LogP contribution in [0.1, 0.15) is 46.7 Å². The van der Waals surface area contributed by atoms with Crippen molar-refractivity contribution in [2.24, 2.45) is 5.73 Å². The highest BCUT2D eigenvalue weighted by Crippen LogP contribution is 2.17. The van der Waals surface area contributed by atoms with Gasteiger partial charge in [0.1, 0.15) is 16.5 Å². The lowest BCUT2D eigenvalue weighted by atomic mass is 10.2. The van der Waals surface area contributed by atoms with Gasteiger partial charge in [0.25, 0.3) is 5.91 Å².